The second-order valence-electron chi connectivity index (χ2n) is 5.31. The van der Waals surface area contributed by atoms with Crippen LogP contribution in [0.2, 0.25) is 0 Å². The minimum Gasteiger partial charge on any atom is -0.398 e. The Balaban J connectivity index is 2.11. The smallest absolute Gasteiger partial charge is 0.242 e. The summed E-state index contributed by atoms with van der Waals surface area (Å²) in [4.78, 5) is 0.196. The van der Waals surface area contributed by atoms with Gasteiger partial charge in [0.05, 0.1) is 5.69 Å². The molecule has 1 unspecified atom stereocenters. The van der Waals surface area contributed by atoms with Crippen LogP contribution in [0.1, 0.15) is 30.4 Å². The molecule has 4 nitrogen and oxygen atoms in total. The molecule has 3 N–H and O–H groups in total. The van der Waals surface area contributed by atoms with Crippen LogP contribution in [0.25, 0.3) is 0 Å². The van der Waals surface area contributed by atoms with Crippen LogP contribution in [-0.2, 0) is 10.0 Å². The largest absolute Gasteiger partial charge is 0.398 e. The van der Waals surface area contributed by atoms with Gasteiger partial charge in [-0.3, -0.25) is 0 Å². The first-order valence-corrected chi connectivity index (χ1v) is 9.41. The Morgan fingerprint density at radius 3 is 2.65 bits per heavy atom. The number of anilines is 1. The quantitative estimate of drug-likeness (QED) is 0.837. The highest BCUT2D eigenvalue weighted by molar-refractivity contribution is 8.00. The van der Waals surface area contributed by atoms with Crippen molar-refractivity contribution in [3.63, 3.8) is 0 Å². The summed E-state index contributed by atoms with van der Waals surface area (Å²) >= 11 is 1.85. The topological polar surface area (TPSA) is 72.2 Å². The molecule has 1 heterocycles. The third-order valence-corrected chi connectivity index (χ3v) is 6.57. The number of sulfonamides is 1. The molecule has 0 amide bonds. The molecule has 0 radical (unpaired) electrons. The number of benzene rings is 1. The highest BCUT2D eigenvalue weighted by Gasteiger charge is 2.21. The summed E-state index contributed by atoms with van der Waals surface area (Å²) < 4.78 is 27.4. The fourth-order valence-electron chi connectivity index (χ4n) is 2.29. The average Bonchev–Trinajstić information content (AvgIpc) is 2.42. The third kappa shape index (κ3) is 3.68. The van der Waals surface area contributed by atoms with E-state index < -0.39 is 10.0 Å². The molecule has 0 aliphatic carbocycles. The van der Waals surface area contributed by atoms with E-state index in [9.17, 15) is 8.42 Å². The maximum atomic E-state index is 12.4. The zero-order chi connectivity index (χ0) is 14.8. The first-order chi connectivity index (χ1) is 9.40. The Morgan fingerprint density at radius 2 is 2.00 bits per heavy atom. The van der Waals surface area contributed by atoms with Gasteiger partial charge in [0.15, 0.2) is 0 Å². The van der Waals surface area contributed by atoms with Crippen molar-refractivity contribution < 1.29 is 8.42 Å². The molecule has 2 rings (SSSR count). The van der Waals surface area contributed by atoms with Crippen LogP contribution in [-0.4, -0.2) is 26.0 Å². The van der Waals surface area contributed by atoms with Gasteiger partial charge in [0.2, 0.25) is 10.0 Å². The standard InChI is InChI=1S/C14H22N2O2S2/c1-10-7-13(15)14(8-11(10)2)20(17,18)16-9-12-5-3-4-6-19-12/h7-8,12,16H,3-6,9,15H2,1-2H3. The van der Waals surface area contributed by atoms with Crippen LogP contribution in [0.3, 0.4) is 0 Å². The Bertz CT molecular complexity index is 579. The van der Waals surface area contributed by atoms with E-state index in [1.807, 2.05) is 25.6 Å². The third-order valence-electron chi connectivity index (χ3n) is 3.69. The molecule has 1 atom stereocenters. The van der Waals surface area contributed by atoms with Crippen LogP contribution in [0, 0.1) is 13.8 Å². The summed E-state index contributed by atoms with van der Waals surface area (Å²) in [7, 11) is -3.52. The number of nitrogens with one attached hydrogen (secondary N) is 1. The molecular weight excluding hydrogens is 292 g/mol. The molecule has 1 fully saturated rings. The van der Waals surface area contributed by atoms with E-state index in [2.05, 4.69) is 4.72 Å². The molecule has 112 valence electrons. The fourth-order valence-corrected chi connectivity index (χ4v) is 4.91. The van der Waals surface area contributed by atoms with E-state index in [1.165, 1.54) is 12.8 Å². The predicted molar refractivity (Wildman–Crippen MR) is 85.6 cm³/mol. The van der Waals surface area contributed by atoms with Gasteiger partial charge in [0.25, 0.3) is 0 Å². The highest BCUT2D eigenvalue weighted by Crippen LogP contribution is 2.26. The molecule has 0 aromatic heterocycles. The SMILES string of the molecule is Cc1cc(N)c(S(=O)(=O)NCC2CCCCS2)cc1C. The number of hydrogen-bond donors (Lipinski definition) is 2. The van der Waals surface area contributed by atoms with E-state index in [0.717, 1.165) is 23.3 Å². The number of thioether (sulfide) groups is 1. The van der Waals surface area contributed by atoms with E-state index in [-0.39, 0.29) is 4.90 Å². The Hall–Kier alpha value is -0.720. The summed E-state index contributed by atoms with van der Waals surface area (Å²) in [5.74, 6) is 1.12. The van der Waals surface area contributed by atoms with Crippen molar-refractivity contribution in [3.05, 3.63) is 23.3 Å². The Labute approximate surface area is 125 Å². The number of hydrogen-bond acceptors (Lipinski definition) is 4. The predicted octanol–water partition coefficient (Wildman–Crippen LogP) is 2.45. The van der Waals surface area contributed by atoms with Crippen molar-refractivity contribution >= 4 is 27.5 Å². The summed E-state index contributed by atoms with van der Waals surface area (Å²) in [6, 6.07) is 3.38. The summed E-state index contributed by atoms with van der Waals surface area (Å²) in [6.45, 7) is 4.30. The lowest BCUT2D eigenvalue weighted by Crippen LogP contribution is -2.32. The first kappa shape index (κ1) is 15.7. The Morgan fingerprint density at radius 1 is 1.30 bits per heavy atom. The summed E-state index contributed by atoms with van der Waals surface area (Å²) in [5, 5.41) is 0.381. The highest BCUT2D eigenvalue weighted by atomic mass is 32.2. The van der Waals surface area contributed by atoms with Crippen LogP contribution in [0.4, 0.5) is 5.69 Å². The van der Waals surface area contributed by atoms with E-state index in [1.54, 1.807) is 12.1 Å². The molecule has 20 heavy (non-hydrogen) atoms. The average molecular weight is 314 g/mol. The number of nitrogen functional groups attached to an aromatic ring is 1. The minimum absolute atomic E-state index is 0.196. The fraction of sp³-hybridized carbons (Fsp3) is 0.571. The molecule has 6 heteroatoms. The molecule has 1 aliphatic rings. The van der Waals surface area contributed by atoms with Crippen molar-refractivity contribution in [1.82, 2.24) is 4.72 Å². The van der Waals surface area contributed by atoms with E-state index in [0.29, 0.717) is 17.5 Å². The van der Waals surface area contributed by atoms with Gasteiger partial charge in [0.1, 0.15) is 4.90 Å². The monoisotopic (exact) mass is 314 g/mol. The van der Waals surface area contributed by atoms with Crippen LogP contribution in [0.15, 0.2) is 17.0 Å². The van der Waals surface area contributed by atoms with Crippen molar-refractivity contribution in [1.29, 1.82) is 0 Å². The van der Waals surface area contributed by atoms with Gasteiger partial charge in [-0.2, -0.15) is 11.8 Å². The molecule has 1 aliphatic heterocycles. The van der Waals surface area contributed by atoms with Gasteiger partial charge >= 0.3 is 0 Å². The Kier molecular flexibility index (Phi) is 4.99. The molecule has 1 aromatic carbocycles. The second kappa shape index (κ2) is 6.37. The molecular formula is C14H22N2O2S2. The molecule has 0 spiro atoms. The number of rotatable bonds is 4. The number of aryl methyl sites for hydroxylation is 2. The molecule has 0 saturated carbocycles. The van der Waals surface area contributed by atoms with E-state index >= 15 is 0 Å². The van der Waals surface area contributed by atoms with Crippen LogP contribution in [0.5, 0.6) is 0 Å². The van der Waals surface area contributed by atoms with Gasteiger partial charge < -0.3 is 5.73 Å². The van der Waals surface area contributed by atoms with E-state index in [4.69, 9.17) is 5.73 Å². The van der Waals surface area contributed by atoms with Gasteiger partial charge in [-0.05, 0) is 55.7 Å². The minimum atomic E-state index is -3.52. The van der Waals surface area contributed by atoms with Gasteiger partial charge in [-0.1, -0.05) is 6.42 Å². The normalized spacial score (nSPS) is 20.0. The molecule has 1 saturated heterocycles. The zero-order valence-electron chi connectivity index (χ0n) is 12.0. The maximum Gasteiger partial charge on any atom is 0.242 e. The van der Waals surface area contributed by atoms with Crippen molar-refractivity contribution in [2.75, 3.05) is 18.0 Å². The molecule has 1 aromatic rings. The van der Waals surface area contributed by atoms with Crippen LogP contribution >= 0.6 is 11.8 Å². The second-order valence-corrected chi connectivity index (χ2v) is 8.46. The lowest BCUT2D eigenvalue weighted by molar-refractivity contribution is 0.574. The van der Waals surface area contributed by atoms with Crippen molar-refractivity contribution in [3.8, 4) is 0 Å². The lowest BCUT2D eigenvalue weighted by Gasteiger charge is -2.21. The summed E-state index contributed by atoms with van der Waals surface area (Å²) in [5.41, 5.74) is 8.12. The van der Waals surface area contributed by atoms with Gasteiger partial charge in [-0.25, -0.2) is 13.1 Å². The van der Waals surface area contributed by atoms with Crippen molar-refractivity contribution in [2.24, 2.45) is 0 Å². The molecule has 0 bridgehead atoms. The number of nitrogens with two attached hydrogens (primary N) is 1. The summed E-state index contributed by atoms with van der Waals surface area (Å²) in [6.07, 6.45) is 3.50. The van der Waals surface area contributed by atoms with Crippen molar-refractivity contribution in [2.45, 2.75) is 43.3 Å². The lowest BCUT2D eigenvalue weighted by atomic mass is 10.1. The van der Waals surface area contributed by atoms with Crippen LogP contribution < -0.4 is 10.5 Å². The zero-order valence-corrected chi connectivity index (χ0v) is 13.6. The van der Waals surface area contributed by atoms with Gasteiger partial charge in [-0.15, -0.1) is 0 Å². The first-order valence-electron chi connectivity index (χ1n) is 6.88. The maximum absolute atomic E-state index is 12.4. The van der Waals surface area contributed by atoms with Gasteiger partial charge in [0, 0.05) is 11.8 Å².